The molecule has 2 saturated heterocycles. The van der Waals surface area contributed by atoms with E-state index in [0.717, 1.165) is 23.9 Å². The quantitative estimate of drug-likeness (QED) is 0.841. The van der Waals surface area contributed by atoms with E-state index in [4.69, 9.17) is 0 Å². The fourth-order valence-corrected chi connectivity index (χ4v) is 3.64. The molecule has 0 spiro atoms. The summed E-state index contributed by atoms with van der Waals surface area (Å²) in [6.07, 6.45) is 2.68. The molecule has 19 heavy (non-hydrogen) atoms. The Hall–Kier alpha value is -0.120. The van der Waals surface area contributed by atoms with Gasteiger partial charge in [0.1, 0.15) is 0 Å². The second-order valence-corrected chi connectivity index (χ2v) is 7.26. The lowest BCUT2D eigenvalue weighted by Crippen LogP contribution is -2.51. The number of rotatable bonds is 4. The molecule has 0 aromatic heterocycles. The van der Waals surface area contributed by atoms with E-state index >= 15 is 0 Å². The summed E-state index contributed by atoms with van der Waals surface area (Å²) in [6.45, 7) is 14.4. The summed E-state index contributed by atoms with van der Waals surface area (Å²) >= 11 is 0. The van der Waals surface area contributed by atoms with Crippen LogP contribution in [0.1, 0.15) is 40.5 Å². The fourth-order valence-electron chi connectivity index (χ4n) is 3.64. The summed E-state index contributed by atoms with van der Waals surface area (Å²) in [7, 11) is 2.26. The van der Waals surface area contributed by atoms with Gasteiger partial charge in [0.25, 0.3) is 0 Å². The molecule has 0 radical (unpaired) electrons. The summed E-state index contributed by atoms with van der Waals surface area (Å²) in [5, 5.41) is 3.87. The number of hydrogen-bond donors (Lipinski definition) is 1. The van der Waals surface area contributed by atoms with Crippen molar-refractivity contribution in [2.45, 2.75) is 58.7 Å². The summed E-state index contributed by atoms with van der Waals surface area (Å²) in [6, 6.07) is 2.16. The Morgan fingerprint density at radius 2 is 1.95 bits per heavy atom. The zero-order valence-corrected chi connectivity index (χ0v) is 13.5. The maximum absolute atomic E-state index is 3.87. The molecule has 2 aliphatic heterocycles. The lowest BCUT2D eigenvalue weighted by atomic mass is 9.89. The van der Waals surface area contributed by atoms with Crippen LogP contribution >= 0.6 is 0 Å². The molecule has 4 unspecified atom stereocenters. The summed E-state index contributed by atoms with van der Waals surface area (Å²) in [5.41, 5.74) is 0. The van der Waals surface area contributed by atoms with Crippen LogP contribution in [-0.2, 0) is 0 Å². The first-order valence-corrected chi connectivity index (χ1v) is 8.15. The Morgan fingerprint density at radius 3 is 2.58 bits per heavy atom. The number of piperidine rings is 1. The molecule has 4 atom stereocenters. The minimum absolute atomic E-state index is 0.715. The molecule has 3 heteroatoms. The van der Waals surface area contributed by atoms with Crippen LogP contribution < -0.4 is 5.32 Å². The molecule has 2 fully saturated rings. The molecule has 0 aliphatic carbocycles. The first-order chi connectivity index (χ1) is 8.97. The van der Waals surface area contributed by atoms with Gasteiger partial charge in [-0.15, -0.1) is 0 Å². The summed E-state index contributed by atoms with van der Waals surface area (Å²) in [4.78, 5) is 5.12. The van der Waals surface area contributed by atoms with Crippen LogP contribution in [0, 0.1) is 11.8 Å². The van der Waals surface area contributed by atoms with Gasteiger partial charge in [0.05, 0.1) is 0 Å². The molecule has 2 heterocycles. The van der Waals surface area contributed by atoms with E-state index in [0.29, 0.717) is 6.04 Å². The highest BCUT2D eigenvalue weighted by molar-refractivity contribution is 4.88. The standard InChI is InChI=1S/C16H33N3/c1-12(2)19-7-6-15(11-19)9-17-16-8-14(4)18(5)10-13(16)3/h12-17H,6-11H2,1-5H3. The number of hydrogen-bond acceptors (Lipinski definition) is 3. The highest BCUT2D eigenvalue weighted by Crippen LogP contribution is 2.22. The Morgan fingerprint density at radius 1 is 1.21 bits per heavy atom. The van der Waals surface area contributed by atoms with Gasteiger partial charge in [0, 0.05) is 31.2 Å². The molecule has 0 aromatic carbocycles. The molecular weight excluding hydrogens is 234 g/mol. The number of nitrogens with zero attached hydrogens (tertiary/aromatic N) is 2. The van der Waals surface area contributed by atoms with Gasteiger partial charge in [0.2, 0.25) is 0 Å². The first kappa shape index (κ1) is 15.3. The zero-order chi connectivity index (χ0) is 14.0. The van der Waals surface area contributed by atoms with Crippen molar-refractivity contribution in [3.63, 3.8) is 0 Å². The van der Waals surface area contributed by atoms with Crippen LogP contribution in [0.4, 0.5) is 0 Å². The van der Waals surface area contributed by atoms with Gasteiger partial charge >= 0.3 is 0 Å². The van der Waals surface area contributed by atoms with Gasteiger partial charge in [-0.3, -0.25) is 0 Å². The molecule has 1 N–H and O–H groups in total. The van der Waals surface area contributed by atoms with Gasteiger partial charge in [-0.2, -0.15) is 0 Å². The van der Waals surface area contributed by atoms with E-state index in [9.17, 15) is 0 Å². The third kappa shape index (κ3) is 3.93. The topological polar surface area (TPSA) is 18.5 Å². The molecule has 3 nitrogen and oxygen atoms in total. The predicted octanol–water partition coefficient (Wildman–Crippen LogP) is 2.03. The monoisotopic (exact) mass is 267 g/mol. The van der Waals surface area contributed by atoms with Crippen molar-refractivity contribution in [2.75, 3.05) is 33.2 Å². The maximum Gasteiger partial charge on any atom is 0.0120 e. The Labute approximate surface area is 119 Å². The van der Waals surface area contributed by atoms with E-state index in [2.05, 4.69) is 49.9 Å². The Kier molecular flexibility index (Phi) is 5.27. The van der Waals surface area contributed by atoms with Gasteiger partial charge in [-0.05, 0) is 65.6 Å². The lowest BCUT2D eigenvalue weighted by molar-refractivity contribution is 0.119. The van der Waals surface area contributed by atoms with Crippen LogP contribution in [0.15, 0.2) is 0 Å². The van der Waals surface area contributed by atoms with E-state index < -0.39 is 0 Å². The molecule has 0 aromatic rings. The molecule has 2 rings (SSSR count). The van der Waals surface area contributed by atoms with E-state index in [1.807, 2.05) is 0 Å². The third-order valence-corrected chi connectivity index (χ3v) is 5.33. The number of likely N-dealkylation sites (tertiary alicyclic amines) is 2. The average molecular weight is 267 g/mol. The van der Waals surface area contributed by atoms with Crippen molar-refractivity contribution in [1.82, 2.24) is 15.1 Å². The molecule has 2 aliphatic rings. The summed E-state index contributed by atoms with van der Waals surface area (Å²) < 4.78 is 0. The van der Waals surface area contributed by atoms with Gasteiger partial charge in [-0.1, -0.05) is 6.92 Å². The van der Waals surface area contributed by atoms with Crippen molar-refractivity contribution < 1.29 is 0 Å². The summed E-state index contributed by atoms with van der Waals surface area (Å²) in [5.74, 6) is 1.65. The minimum Gasteiger partial charge on any atom is -0.313 e. The van der Waals surface area contributed by atoms with Crippen molar-refractivity contribution in [1.29, 1.82) is 0 Å². The third-order valence-electron chi connectivity index (χ3n) is 5.33. The highest BCUT2D eigenvalue weighted by Gasteiger charge is 2.30. The number of nitrogens with one attached hydrogen (secondary N) is 1. The van der Waals surface area contributed by atoms with Crippen molar-refractivity contribution in [3.05, 3.63) is 0 Å². The van der Waals surface area contributed by atoms with Gasteiger partial charge in [-0.25, -0.2) is 0 Å². The van der Waals surface area contributed by atoms with Crippen LogP contribution in [0.25, 0.3) is 0 Å². The fraction of sp³-hybridized carbons (Fsp3) is 1.00. The lowest BCUT2D eigenvalue weighted by Gasteiger charge is -2.40. The van der Waals surface area contributed by atoms with E-state index in [1.54, 1.807) is 0 Å². The van der Waals surface area contributed by atoms with Crippen LogP contribution in [-0.4, -0.2) is 61.2 Å². The minimum atomic E-state index is 0.715. The van der Waals surface area contributed by atoms with Crippen LogP contribution in [0.3, 0.4) is 0 Å². The predicted molar refractivity (Wildman–Crippen MR) is 82.5 cm³/mol. The van der Waals surface area contributed by atoms with Crippen LogP contribution in [0.5, 0.6) is 0 Å². The van der Waals surface area contributed by atoms with Crippen molar-refractivity contribution in [2.24, 2.45) is 11.8 Å². The smallest absolute Gasteiger partial charge is 0.0120 e. The second kappa shape index (κ2) is 6.55. The van der Waals surface area contributed by atoms with Gasteiger partial charge in [0.15, 0.2) is 0 Å². The zero-order valence-electron chi connectivity index (χ0n) is 13.5. The highest BCUT2D eigenvalue weighted by atomic mass is 15.2. The first-order valence-electron chi connectivity index (χ1n) is 8.15. The van der Waals surface area contributed by atoms with Crippen LogP contribution in [0.2, 0.25) is 0 Å². The van der Waals surface area contributed by atoms with E-state index in [1.165, 1.54) is 39.0 Å². The van der Waals surface area contributed by atoms with Gasteiger partial charge < -0.3 is 15.1 Å². The molecular formula is C16H33N3. The van der Waals surface area contributed by atoms with Crippen molar-refractivity contribution in [3.8, 4) is 0 Å². The molecule has 0 amide bonds. The molecule has 0 saturated carbocycles. The maximum atomic E-state index is 3.87. The molecule has 112 valence electrons. The Bertz CT molecular complexity index is 279. The van der Waals surface area contributed by atoms with Crippen molar-refractivity contribution >= 4 is 0 Å². The second-order valence-electron chi connectivity index (χ2n) is 7.26. The average Bonchev–Trinajstić information content (AvgIpc) is 2.81. The SMILES string of the molecule is CC1CN(C)C(C)CC1NCC1CCN(C(C)C)C1. The normalized spacial score (nSPS) is 38.2. The molecule has 0 bridgehead atoms. The largest absolute Gasteiger partial charge is 0.313 e. The Balaban J connectivity index is 1.74. The van der Waals surface area contributed by atoms with E-state index in [-0.39, 0.29) is 0 Å².